The highest BCUT2D eigenvalue weighted by molar-refractivity contribution is 5.85. The Morgan fingerprint density at radius 1 is 1.36 bits per heavy atom. The van der Waals surface area contributed by atoms with Crippen LogP contribution in [0.4, 0.5) is 4.79 Å². The Bertz CT molecular complexity index is 661. The molecule has 2 saturated heterocycles. The van der Waals surface area contributed by atoms with Crippen LogP contribution in [-0.2, 0) is 9.53 Å². The van der Waals surface area contributed by atoms with E-state index in [2.05, 4.69) is 17.2 Å². The second kappa shape index (κ2) is 7.27. The Balaban J connectivity index is 1.62. The molecule has 0 saturated carbocycles. The Hall–Kier alpha value is -2.34. The SMILES string of the molecule is C=C(CNC(=O)N1C[C@H]2COCC[C@@]2(C(=O)NC)C1)c1ccccc1. The number of amides is 3. The molecular formula is C19H25N3O3. The maximum Gasteiger partial charge on any atom is 0.317 e. The molecule has 2 heterocycles. The van der Waals surface area contributed by atoms with E-state index in [-0.39, 0.29) is 17.9 Å². The van der Waals surface area contributed by atoms with Crippen molar-refractivity contribution in [2.75, 3.05) is 39.9 Å². The second-order valence-corrected chi connectivity index (χ2v) is 6.77. The summed E-state index contributed by atoms with van der Waals surface area (Å²) in [5, 5.41) is 5.68. The van der Waals surface area contributed by atoms with Gasteiger partial charge in [0.05, 0.1) is 12.0 Å². The van der Waals surface area contributed by atoms with Gasteiger partial charge in [-0.3, -0.25) is 4.79 Å². The summed E-state index contributed by atoms with van der Waals surface area (Å²) in [4.78, 5) is 26.8. The summed E-state index contributed by atoms with van der Waals surface area (Å²) >= 11 is 0. The molecule has 2 aliphatic heterocycles. The minimum Gasteiger partial charge on any atom is -0.381 e. The molecule has 0 spiro atoms. The minimum absolute atomic E-state index is 0.00444. The molecule has 25 heavy (non-hydrogen) atoms. The molecule has 2 aliphatic rings. The standard InChI is InChI=1S/C19H25N3O3/c1-14(15-6-4-3-5-7-15)10-21-18(24)22-11-16-12-25-9-8-19(16,13-22)17(23)20-2/h3-7,16H,1,8-13H2,2H3,(H,20,23)(H,21,24)/t16-,19+/m0/s1. The summed E-state index contributed by atoms with van der Waals surface area (Å²) in [6.45, 7) is 6.47. The van der Waals surface area contributed by atoms with Gasteiger partial charge in [0.15, 0.2) is 0 Å². The van der Waals surface area contributed by atoms with Gasteiger partial charge in [-0.05, 0) is 17.6 Å². The van der Waals surface area contributed by atoms with Crippen molar-refractivity contribution in [1.29, 1.82) is 0 Å². The third kappa shape index (κ3) is 3.39. The van der Waals surface area contributed by atoms with E-state index < -0.39 is 5.41 Å². The van der Waals surface area contributed by atoms with Crippen LogP contribution in [0.5, 0.6) is 0 Å². The number of carbonyl (C=O) groups is 2. The first-order chi connectivity index (χ1) is 12.1. The predicted octanol–water partition coefficient (Wildman–Crippen LogP) is 1.49. The Kier molecular flexibility index (Phi) is 5.08. The van der Waals surface area contributed by atoms with Crippen LogP contribution in [-0.4, -0.2) is 56.7 Å². The van der Waals surface area contributed by atoms with E-state index >= 15 is 0 Å². The lowest BCUT2D eigenvalue weighted by Gasteiger charge is -2.36. The number of likely N-dealkylation sites (tertiary alicyclic amines) is 1. The van der Waals surface area contributed by atoms with Crippen molar-refractivity contribution < 1.29 is 14.3 Å². The Morgan fingerprint density at radius 3 is 2.84 bits per heavy atom. The average molecular weight is 343 g/mol. The molecule has 3 amide bonds. The van der Waals surface area contributed by atoms with Crippen LogP contribution in [0.15, 0.2) is 36.9 Å². The molecule has 6 nitrogen and oxygen atoms in total. The van der Waals surface area contributed by atoms with Crippen LogP contribution in [0.3, 0.4) is 0 Å². The molecule has 2 N–H and O–H groups in total. The predicted molar refractivity (Wildman–Crippen MR) is 95.9 cm³/mol. The monoisotopic (exact) mass is 343 g/mol. The maximum absolute atomic E-state index is 12.6. The van der Waals surface area contributed by atoms with Crippen LogP contribution in [0.25, 0.3) is 5.57 Å². The van der Waals surface area contributed by atoms with E-state index in [0.717, 1.165) is 11.1 Å². The van der Waals surface area contributed by atoms with Crippen molar-refractivity contribution in [3.05, 3.63) is 42.5 Å². The van der Waals surface area contributed by atoms with Gasteiger partial charge >= 0.3 is 6.03 Å². The molecule has 0 bridgehead atoms. The number of urea groups is 1. The number of ether oxygens (including phenoxy) is 1. The van der Waals surface area contributed by atoms with Gasteiger partial charge in [-0.2, -0.15) is 0 Å². The third-order valence-corrected chi connectivity index (χ3v) is 5.31. The lowest BCUT2D eigenvalue weighted by molar-refractivity contribution is -0.138. The topological polar surface area (TPSA) is 70.7 Å². The molecule has 3 rings (SSSR count). The first-order valence-electron chi connectivity index (χ1n) is 8.63. The highest BCUT2D eigenvalue weighted by atomic mass is 16.5. The van der Waals surface area contributed by atoms with Crippen LogP contribution in [0.1, 0.15) is 12.0 Å². The van der Waals surface area contributed by atoms with Crippen molar-refractivity contribution >= 4 is 17.5 Å². The molecule has 6 heteroatoms. The largest absolute Gasteiger partial charge is 0.381 e. The van der Waals surface area contributed by atoms with E-state index in [4.69, 9.17) is 4.74 Å². The number of benzene rings is 1. The van der Waals surface area contributed by atoms with Gasteiger partial charge in [-0.25, -0.2) is 4.79 Å². The summed E-state index contributed by atoms with van der Waals surface area (Å²) in [5.41, 5.74) is 1.34. The third-order valence-electron chi connectivity index (χ3n) is 5.31. The fourth-order valence-corrected chi connectivity index (χ4v) is 3.79. The minimum atomic E-state index is -0.527. The summed E-state index contributed by atoms with van der Waals surface area (Å²) in [6.07, 6.45) is 0.651. The average Bonchev–Trinajstić information content (AvgIpc) is 3.06. The van der Waals surface area contributed by atoms with Crippen LogP contribution >= 0.6 is 0 Å². The van der Waals surface area contributed by atoms with E-state index in [1.807, 2.05) is 30.3 Å². The van der Waals surface area contributed by atoms with Crippen LogP contribution in [0, 0.1) is 11.3 Å². The zero-order valence-corrected chi connectivity index (χ0v) is 14.6. The van der Waals surface area contributed by atoms with Crippen molar-refractivity contribution in [1.82, 2.24) is 15.5 Å². The molecule has 0 radical (unpaired) electrons. The molecule has 1 aromatic carbocycles. The normalized spacial score (nSPS) is 25.2. The van der Waals surface area contributed by atoms with E-state index in [1.54, 1.807) is 11.9 Å². The van der Waals surface area contributed by atoms with Gasteiger partial charge in [-0.15, -0.1) is 0 Å². The smallest absolute Gasteiger partial charge is 0.317 e. The molecule has 0 aromatic heterocycles. The lowest BCUT2D eigenvalue weighted by Crippen LogP contribution is -2.50. The summed E-state index contributed by atoms with van der Waals surface area (Å²) < 4.78 is 5.53. The zero-order chi connectivity index (χ0) is 17.9. The molecular weight excluding hydrogens is 318 g/mol. The van der Waals surface area contributed by atoms with Gasteiger partial charge in [0, 0.05) is 39.2 Å². The Labute approximate surface area is 148 Å². The summed E-state index contributed by atoms with van der Waals surface area (Å²) in [7, 11) is 1.65. The molecule has 134 valence electrons. The van der Waals surface area contributed by atoms with Crippen molar-refractivity contribution in [3.63, 3.8) is 0 Å². The number of hydrogen-bond donors (Lipinski definition) is 2. The van der Waals surface area contributed by atoms with Gasteiger partial charge in [0.25, 0.3) is 0 Å². The number of rotatable bonds is 4. The Morgan fingerprint density at radius 2 is 2.12 bits per heavy atom. The number of hydrogen-bond acceptors (Lipinski definition) is 3. The van der Waals surface area contributed by atoms with Crippen LogP contribution < -0.4 is 10.6 Å². The number of nitrogens with one attached hydrogen (secondary N) is 2. The highest BCUT2D eigenvalue weighted by Crippen LogP contribution is 2.42. The van der Waals surface area contributed by atoms with Gasteiger partial charge in [0.2, 0.25) is 5.91 Å². The number of carbonyl (C=O) groups excluding carboxylic acids is 2. The molecule has 2 fully saturated rings. The number of fused-ring (bicyclic) bond motifs is 1. The van der Waals surface area contributed by atoms with Gasteiger partial charge in [-0.1, -0.05) is 36.9 Å². The van der Waals surface area contributed by atoms with Crippen LogP contribution in [0.2, 0.25) is 0 Å². The first-order valence-corrected chi connectivity index (χ1v) is 8.63. The van der Waals surface area contributed by atoms with Crippen molar-refractivity contribution in [3.8, 4) is 0 Å². The molecule has 0 aliphatic carbocycles. The first kappa shape index (κ1) is 17.5. The van der Waals surface area contributed by atoms with E-state index in [1.165, 1.54) is 0 Å². The van der Waals surface area contributed by atoms with Crippen molar-refractivity contribution in [2.45, 2.75) is 6.42 Å². The summed E-state index contributed by atoms with van der Waals surface area (Å²) in [6, 6.07) is 9.62. The molecule has 2 atom stereocenters. The van der Waals surface area contributed by atoms with E-state index in [0.29, 0.717) is 39.3 Å². The van der Waals surface area contributed by atoms with Gasteiger partial charge in [0.1, 0.15) is 0 Å². The molecule has 1 aromatic rings. The lowest BCUT2D eigenvalue weighted by atomic mass is 9.73. The maximum atomic E-state index is 12.6. The zero-order valence-electron chi connectivity index (χ0n) is 14.6. The second-order valence-electron chi connectivity index (χ2n) is 6.77. The summed E-state index contributed by atoms with van der Waals surface area (Å²) in [5.74, 6) is 0.0501. The van der Waals surface area contributed by atoms with Gasteiger partial charge < -0.3 is 20.3 Å². The highest BCUT2D eigenvalue weighted by Gasteiger charge is 2.54. The quantitative estimate of drug-likeness (QED) is 0.870. The molecule has 0 unspecified atom stereocenters. The fraction of sp³-hybridized carbons (Fsp3) is 0.474. The number of nitrogens with zero attached hydrogens (tertiary/aromatic N) is 1. The van der Waals surface area contributed by atoms with E-state index in [9.17, 15) is 9.59 Å². The van der Waals surface area contributed by atoms with Crippen molar-refractivity contribution in [2.24, 2.45) is 11.3 Å². The fourth-order valence-electron chi connectivity index (χ4n) is 3.79.